The van der Waals surface area contributed by atoms with Gasteiger partial charge in [-0.1, -0.05) is 12.1 Å². The van der Waals surface area contributed by atoms with E-state index in [0.29, 0.717) is 19.8 Å². The Balaban J connectivity index is 2.06. The van der Waals surface area contributed by atoms with Gasteiger partial charge in [-0.05, 0) is 37.1 Å². The Bertz CT molecular complexity index is 373. The fourth-order valence-electron chi connectivity index (χ4n) is 1.90. The number of methoxy groups -OCH3 is 2. The summed E-state index contributed by atoms with van der Waals surface area (Å²) in [6.45, 7) is 3.46. The molecule has 2 N–H and O–H groups in total. The number of nitrogens with one attached hydrogen (secondary N) is 1. The molecule has 0 bridgehead atoms. The molecule has 0 radical (unpaired) electrons. The van der Waals surface area contributed by atoms with Crippen molar-refractivity contribution in [1.29, 1.82) is 0 Å². The van der Waals surface area contributed by atoms with Crippen molar-refractivity contribution in [2.75, 3.05) is 47.1 Å². The van der Waals surface area contributed by atoms with Crippen LogP contribution in [0.1, 0.15) is 24.5 Å². The van der Waals surface area contributed by atoms with Crippen molar-refractivity contribution in [2.45, 2.75) is 18.9 Å². The molecule has 1 atom stereocenters. The molecule has 0 heterocycles. The quantitative estimate of drug-likeness (QED) is 0.576. The molecule has 0 amide bonds. The lowest BCUT2D eigenvalue weighted by Crippen LogP contribution is -2.22. The van der Waals surface area contributed by atoms with Gasteiger partial charge in [0, 0.05) is 20.3 Å². The van der Waals surface area contributed by atoms with Crippen molar-refractivity contribution in [1.82, 2.24) is 5.32 Å². The van der Waals surface area contributed by atoms with E-state index in [4.69, 9.17) is 14.2 Å². The Kier molecular flexibility index (Phi) is 9.82. The fraction of sp³-hybridized carbons (Fsp3) is 0.625. The summed E-state index contributed by atoms with van der Waals surface area (Å²) in [6.07, 6.45) is 1.52. The van der Waals surface area contributed by atoms with Crippen LogP contribution in [0.5, 0.6) is 5.75 Å². The minimum absolute atomic E-state index is 0.516. The molecule has 1 aromatic carbocycles. The Labute approximate surface area is 127 Å². The fourth-order valence-corrected chi connectivity index (χ4v) is 1.90. The molecule has 0 fully saturated rings. The lowest BCUT2D eigenvalue weighted by Gasteiger charge is -2.13. The molecule has 1 unspecified atom stereocenters. The predicted molar refractivity (Wildman–Crippen MR) is 82.8 cm³/mol. The highest BCUT2D eigenvalue weighted by Gasteiger charge is 2.07. The molecule has 0 spiro atoms. The molecule has 21 heavy (non-hydrogen) atoms. The molecule has 1 rings (SSSR count). The number of ether oxygens (including phenoxy) is 3. The summed E-state index contributed by atoms with van der Waals surface area (Å²) in [6, 6.07) is 7.51. The first-order chi connectivity index (χ1) is 10.3. The SMILES string of the molecule is COCCOCCCCNCC(O)c1cccc(OC)c1. The number of aliphatic hydroxyl groups excluding tert-OH is 1. The standard InChI is InChI=1S/C16H27NO4/c1-19-10-11-21-9-4-3-8-17-13-16(18)14-6-5-7-15(12-14)20-2/h5-7,12,16-18H,3-4,8-11,13H2,1-2H3. The van der Waals surface area contributed by atoms with Crippen LogP contribution in [0.2, 0.25) is 0 Å². The number of hydrogen-bond donors (Lipinski definition) is 2. The van der Waals surface area contributed by atoms with Crippen molar-refractivity contribution >= 4 is 0 Å². The molecule has 5 heteroatoms. The zero-order chi connectivity index (χ0) is 15.3. The van der Waals surface area contributed by atoms with Gasteiger partial charge in [0.2, 0.25) is 0 Å². The minimum atomic E-state index is -0.516. The smallest absolute Gasteiger partial charge is 0.119 e. The van der Waals surface area contributed by atoms with E-state index in [1.54, 1.807) is 14.2 Å². The molecule has 0 aromatic heterocycles. The van der Waals surface area contributed by atoms with Gasteiger partial charge in [-0.25, -0.2) is 0 Å². The van der Waals surface area contributed by atoms with Crippen LogP contribution in [0.3, 0.4) is 0 Å². The average Bonchev–Trinajstić information content (AvgIpc) is 2.53. The lowest BCUT2D eigenvalue weighted by atomic mass is 10.1. The van der Waals surface area contributed by atoms with Gasteiger partial charge in [0.25, 0.3) is 0 Å². The van der Waals surface area contributed by atoms with Gasteiger partial charge >= 0.3 is 0 Å². The van der Waals surface area contributed by atoms with Crippen LogP contribution in [0.4, 0.5) is 0 Å². The van der Waals surface area contributed by atoms with Crippen LogP contribution in [-0.2, 0) is 9.47 Å². The van der Waals surface area contributed by atoms with Gasteiger partial charge < -0.3 is 24.6 Å². The zero-order valence-corrected chi connectivity index (χ0v) is 13.0. The Morgan fingerprint density at radius 1 is 1.14 bits per heavy atom. The second-order valence-electron chi connectivity index (χ2n) is 4.81. The topological polar surface area (TPSA) is 60.0 Å². The van der Waals surface area contributed by atoms with Gasteiger partial charge in [0.1, 0.15) is 5.75 Å². The summed E-state index contributed by atoms with van der Waals surface area (Å²) < 4.78 is 15.4. The van der Waals surface area contributed by atoms with E-state index in [1.165, 1.54) is 0 Å². The highest BCUT2D eigenvalue weighted by molar-refractivity contribution is 5.29. The summed E-state index contributed by atoms with van der Waals surface area (Å²) in [5.74, 6) is 0.764. The van der Waals surface area contributed by atoms with Gasteiger partial charge in [-0.2, -0.15) is 0 Å². The first-order valence-electron chi connectivity index (χ1n) is 7.37. The molecule has 5 nitrogen and oxygen atoms in total. The van der Waals surface area contributed by atoms with E-state index in [2.05, 4.69) is 5.32 Å². The average molecular weight is 297 g/mol. The third-order valence-electron chi connectivity index (χ3n) is 3.14. The third kappa shape index (κ3) is 8.02. The van der Waals surface area contributed by atoms with Crippen LogP contribution in [0.15, 0.2) is 24.3 Å². The normalized spacial score (nSPS) is 12.3. The van der Waals surface area contributed by atoms with Crippen molar-refractivity contribution < 1.29 is 19.3 Å². The van der Waals surface area contributed by atoms with E-state index in [9.17, 15) is 5.11 Å². The van der Waals surface area contributed by atoms with E-state index in [-0.39, 0.29) is 0 Å². The van der Waals surface area contributed by atoms with Gasteiger partial charge in [-0.3, -0.25) is 0 Å². The maximum Gasteiger partial charge on any atom is 0.119 e. The summed E-state index contributed by atoms with van der Waals surface area (Å²) in [5, 5.41) is 13.3. The Morgan fingerprint density at radius 2 is 2.00 bits per heavy atom. The molecule has 0 saturated carbocycles. The van der Waals surface area contributed by atoms with Crippen LogP contribution < -0.4 is 10.1 Å². The van der Waals surface area contributed by atoms with Crippen molar-refractivity contribution in [3.05, 3.63) is 29.8 Å². The van der Waals surface area contributed by atoms with Crippen LogP contribution >= 0.6 is 0 Å². The van der Waals surface area contributed by atoms with E-state index in [1.807, 2.05) is 24.3 Å². The largest absolute Gasteiger partial charge is 0.497 e. The Hall–Kier alpha value is -1.14. The maximum atomic E-state index is 10.1. The number of rotatable bonds is 12. The molecule has 0 aliphatic heterocycles. The zero-order valence-electron chi connectivity index (χ0n) is 13.0. The van der Waals surface area contributed by atoms with Crippen LogP contribution in [0.25, 0.3) is 0 Å². The molecule has 120 valence electrons. The summed E-state index contributed by atoms with van der Waals surface area (Å²) in [4.78, 5) is 0. The predicted octanol–water partition coefficient (Wildman–Crippen LogP) is 1.76. The first kappa shape index (κ1) is 17.9. The Morgan fingerprint density at radius 3 is 2.76 bits per heavy atom. The van der Waals surface area contributed by atoms with Crippen molar-refractivity contribution in [3.8, 4) is 5.75 Å². The molecule has 0 saturated heterocycles. The molecule has 0 aliphatic carbocycles. The number of aliphatic hydroxyl groups is 1. The summed E-state index contributed by atoms with van der Waals surface area (Å²) >= 11 is 0. The van der Waals surface area contributed by atoms with Gasteiger partial charge in [0.05, 0.1) is 26.4 Å². The minimum Gasteiger partial charge on any atom is -0.497 e. The summed E-state index contributed by atoms with van der Waals surface area (Å²) in [5.41, 5.74) is 0.866. The number of unbranched alkanes of at least 4 members (excludes halogenated alkanes) is 1. The highest BCUT2D eigenvalue weighted by Crippen LogP contribution is 2.18. The molecule has 1 aromatic rings. The molecular formula is C16H27NO4. The van der Waals surface area contributed by atoms with Crippen molar-refractivity contribution in [3.63, 3.8) is 0 Å². The second-order valence-corrected chi connectivity index (χ2v) is 4.81. The number of benzene rings is 1. The highest BCUT2D eigenvalue weighted by atomic mass is 16.5. The van der Waals surface area contributed by atoms with Crippen LogP contribution in [0, 0.1) is 0 Å². The molecule has 0 aliphatic rings. The van der Waals surface area contributed by atoms with Crippen molar-refractivity contribution in [2.24, 2.45) is 0 Å². The van der Waals surface area contributed by atoms with E-state index < -0.39 is 6.10 Å². The second kappa shape index (κ2) is 11.5. The lowest BCUT2D eigenvalue weighted by molar-refractivity contribution is 0.0687. The van der Waals surface area contributed by atoms with Gasteiger partial charge in [0.15, 0.2) is 0 Å². The monoisotopic (exact) mass is 297 g/mol. The van der Waals surface area contributed by atoms with Crippen LogP contribution in [-0.4, -0.2) is 52.2 Å². The van der Waals surface area contributed by atoms with E-state index >= 15 is 0 Å². The van der Waals surface area contributed by atoms with Gasteiger partial charge in [-0.15, -0.1) is 0 Å². The number of hydrogen-bond acceptors (Lipinski definition) is 5. The maximum absolute atomic E-state index is 10.1. The third-order valence-corrected chi connectivity index (χ3v) is 3.14. The summed E-state index contributed by atoms with van der Waals surface area (Å²) in [7, 11) is 3.29. The molecular weight excluding hydrogens is 270 g/mol. The first-order valence-corrected chi connectivity index (χ1v) is 7.37. The van der Waals surface area contributed by atoms with E-state index in [0.717, 1.165) is 37.3 Å².